The molecule has 0 radical (unpaired) electrons. The highest BCUT2D eigenvalue weighted by Crippen LogP contribution is 2.73. The molecule has 13 heteroatoms. The van der Waals surface area contributed by atoms with Crippen LogP contribution in [0.2, 0.25) is 0 Å². The third kappa shape index (κ3) is 5.69. The topological polar surface area (TPSA) is 216 Å². The van der Waals surface area contributed by atoms with Crippen LogP contribution >= 0.6 is 0 Å². The summed E-state index contributed by atoms with van der Waals surface area (Å²) in [5.74, 6) is -8.63. The highest BCUT2D eigenvalue weighted by Gasteiger charge is 2.79. The summed E-state index contributed by atoms with van der Waals surface area (Å²) in [6, 6.07) is 14.6. The van der Waals surface area contributed by atoms with Crippen molar-refractivity contribution in [1.82, 2.24) is 0 Å². The number of carbonyl (C=O) groups is 4. The standard InChI is InChI=1S/C39H47N3O10/c1-22(14-17-30(46)47)27-15-16-28-31-29(45)19-25-18-26(44)20-39(51-34(48)23-10-6-4-7-11-23,52-35(49)24-12-8-5-9-13-24)36(25,2)32(31)33(41-42-40)38(50,21-43)37(27,28)3/h4-13,21-22,25-29,31-33,44-45,50H,14-20H2,1-3H3,(H,46,47)/t22-,25+,26+,27-,28+,29-,31-,32-,33?,36+,37-,38+/m1/s1. The molecule has 6 rings (SSSR count). The normalized spacial score (nSPS) is 37.9. The first kappa shape index (κ1) is 37.5. The summed E-state index contributed by atoms with van der Waals surface area (Å²) >= 11 is 0. The molecule has 1 unspecified atom stereocenters. The van der Waals surface area contributed by atoms with Gasteiger partial charge in [0.25, 0.3) is 5.79 Å². The number of carbonyl (C=O) groups excluding carboxylic acids is 3. The van der Waals surface area contributed by atoms with Gasteiger partial charge in [-0.2, -0.15) is 0 Å². The number of benzene rings is 2. The number of rotatable bonds is 10. The van der Waals surface area contributed by atoms with E-state index in [2.05, 4.69) is 10.0 Å². The zero-order valence-corrected chi connectivity index (χ0v) is 29.6. The van der Waals surface area contributed by atoms with Crippen molar-refractivity contribution in [2.75, 3.05) is 0 Å². The van der Waals surface area contributed by atoms with Crippen molar-refractivity contribution in [3.8, 4) is 0 Å². The van der Waals surface area contributed by atoms with E-state index < -0.39 is 82.0 Å². The predicted molar refractivity (Wildman–Crippen MR) is 185 cm³/mol. The third-order valence-electron chi connectivity index (χ3n) is 13.6. The first-order valence-electron chi connectivity index (χ1n) is 18.1. The summed E-state index contributed by atoms with van der Waals surface area (Å²) in [6.45, 7) is 5.37. The Balaban J connectivity index is 1.56. The van der Waals surface area contributed by atoms with Crippen molar-refractivity contribution in [3.63, 3.8) is 0 Å². The number of hydrogen-bond donors (Lipinski definition) is 4. The lowest BCUT2D eigenvalue weighted by atomic mass is 9.38. The van der Waals surface area contributed by atoms with Gasteiger partial charge in [0.05, 0.1) is 41.2 Å². The van der Waals surface area contributed by atoms with Crippen LogP contribution in [0.3, 0.4) is 0 Å². The van der Waals surface area contributed by atoms with Gasteiger partial charge >= 0.3 is 17.9 Å². The molecular formula is C39H47N3O10. The Labute approximate surface area is 302 Å². The molecule has 0 bridgehead atoms. The number of carboxylic acid groups (broad SMARTS) is 1. The van der Waals surface area contributed by atoms with Gasteiger partial charge in [-0.15, -0.1) is 0 Å². The summed E-state index contributed by atoms with van der Waals surface area (Å²) in [4.78, 5) is 56.3. The molecule has 2 aromatic carbocycles. The fourth-order valence-corrected chi connectivity index (χ4v) is 11.3. The van der Waals surface area contributed by atoms with Crippen molar-refractivity contribution in [2.24, 2.45) is 51.5 Å². The summed E-state index contributed by atoms with van der Waals surface area (Å²) < 4.78 is 12.8. The summed E-state index contributed by atoms with van der Waals surface area (Å²) in [6.07, 6.45) is -0.851. The van der Waals surface area contributed by atoms with Crippen molar-refractivity contribution >= 4 is 24.2 Å². The Hall–Kier alpha value is -4.29. The van der Waals surface area contributed by atoms with E-state index in [0.717, 1.165) is 0 Å². The molecule has 12 atom stereocenters. The maximum Gasteiger partial charge on any atom is 0.341 e. The second kappa shape index (κ2) is 13.9. The monoisotopic (exact) mass is 717 g/mol. The van der Waals surface area contributed by atoms with Crippen LogP contribution in [0, 0.1) is 46.3 Å². The van der Waals surface area contributed by atoms with Gasteiger partial charge in [-0.25, -0.2) is 9.59 Å². The van der Waals surface area contributed by atoms with Gasteiger partial charge in [0.1, 0.15) is 5.60 Å². The molecule has 4 saturated carbocycles. The maximum atomic E-state index is 14.1. The lowest BCUT2D eigenvalue weighted by molar-refractivity contribution is -0.341. The molecule has 278 valence electrons. The van der Waals surface area contributed by atoms with Gasteiger partial charge in [-0.3, -0.25) is 4.79 Å². The number of ether oxygens (including phenoxy) is 2. The van der Waals surface area contributed by atoms with Gasteiger partial charge in [0.15, 0.2) is 6.29 Å². The highest BCUT2D eigenvalue weighted by atomic mass is 16.7. The van der Waals surface area contributed by atoms with Gasteiger partial charge in [-0.1, -0.05) is 62.3 Å². The summed E-state index contributed by atoms with van der Waals surface area (Å²) in [5, 5.41) is 50.1. The lowest BCUT2D eigenvalue weighted by Crippen LogP contribution is -2.77. The lowest BCUT2D eigenvalue weighted by Gasteiger charge is -2.69. The molecular weight excluding hydrogens is 670 g/mol. The molecule has 4 N–H and O–H groups in total. The number of aliphatic carboxylic acids is 1. The molecule has 52 heavy (non-hydrogen) atoms. The second-order valence-electron chi connectivity index (χ2n) is 15.8. The summed E-state index contributed by atoms with van der Waals surface area (Å²) in [5.41, 5.74) is 5.24. The van der Waals surface area contributed by atoms with E-state index in [-0.39, 0.29) is 55.1 Å². The van der Waals surface area contributed by atoms with Gasteiger partial charge in [0.2, 0.25) is 0 Å². The molecule has 2 aromatic rings. The average Bonchev–Trinajstić information content (AvgIpc) is 3.48. The van der Waals surface area contributed by atoms with Crippen LogP contribution in [0.4, 0.5) is 0 Å². The Morgan fingerprint density at radius 2 is 1.54 bits per heavy atom. The van der Waals surface area contributed by atoms with E-state index in [9.17, 15) is 45.1 Å². The number of hydrogen-bond acceptors (Lipinski definition) is 10. The number of carboxylic acids is 1. The van der Waals surface area contributed by atoms with Gasteiger partial charge in [-0.05, 0) is 97.4 Å². The minimum Gasteiger partial charge on any atom is -0.481 e. The predicted octanol–water partition coefficient (Wildman–Crippen LogP) is 5.33. The van der Waals surface area contributed by atoms with Crippen molar-refractivity contribution in [1.29, 1.82) is 0 Å². The number of aliphatic hydroxyl groups excluding tert-OH is 2. The number of fused-ring (bicyclic) bond motifs is 5. The molecule has 4 fully saturated rings. The Morgan fingerprint density at radius 3 is 2.06 bits per heavy atom. The Morgan fingerprint density at radius 1 is 0.962 bits per heavy atom. The molecule has 0 heterocycles. The number of aldehydes is 1. The SMILES string of the molecule is C[C@H](CCC(=O)O)[C@H]1CC[C@H]2[C@@H]3[C@H](O)C[C@@H]4C[C@H](O)CC(OC(=O)c5ccccc5)(OC(=O)c5ccccc5)[C@]4(C)[C@H]3C(N=[N+]=[N-])[C@@](O)(C=O)[C@]12C. The van der Waals surface area contributed by atoms with E-state index in [0.29, 0.717) is 19.1 Å². The van der Waals surface area contributed by atoms with Gasteiger partial charge < -0.3 is 34.7 Å². The minimum atomic E-state index is -2.33. The molecule has 4 aliphatic carbocycles. The van der Waals surface area contributed by atoms with Crippen LogP contribution in [0.25, 0.3) is 10.4 Å². The molecule has 13 nitrogen and oxygen atoms in total. The van der Waals surface area contributed by atoms with E-state index in [1.807, 2.05) is 6.92 Å². The first-order valence-corrected chi connectivity index (χ1v) is 18.1. The molecule has 0 aliphatic heterocycles. The molecule has 0 saturated heterocycles. The second-order valence-corrected chi connectivity index (χ2v) is 15.8. The van der Waals surface area contributed by atoms with E-state index in [1.165, 1.54) is 24.3 Å². The number of azide groups is 1. The van der Waals surface area contributed by atoms with Crippen molar-refractivity contribution < 1.29 is 49.1 Å². The zero-order chi connectivity index (χ0) is 37.6. The largest absolute Gasteiger partial charge is 0.481 e. The number of aliphatic hydroxyl groups is 3. The third-order valence-corrected chi connectivity index (χ3v) is 13.6. The van der Waals surface area contributed by atoms with Crippen LogP contribution in [0.15, 0.2) is 65.8 Å². The van der Waals surface area contributed by atoms with Crippen LogP contribution in [0.1, 0.15) is 86.4 Å². The molecule has 0 amide bonds. The molecule has 0 aromatic heterocycles. The maximum absolute atomic E-state index is 14.1. The number of esters is 2. The van der Waals surface area contributed by atoms with Crippen LogP contribution in [0.5, 0.6) is 0 Å². The Kier molecular flexibility index (Phi) is 10.0. The molecule has 4 aliphatic rings. The molecule has 0 spiro atoms. The fraction of sp³-hybridized carbons (Fsp3) is 0.590. The van der Waals surface area contributed by atoms with Crippen LogP contribution in [-0.4, -0.2) is 74.3 Å². The quantitative estimate of drug-likeness (QED) is 0.0619. The highest BCUT2D eigenvalue weighted by molar-refractivity contribution is 5.91. The first-order chi connectivity index (χ1) is 24.7. The minimum absolute atomic E-state index is 0.0938. The average molecular weight is 718 g/mol. The van der Waals surface area contributed by atoms with E-state index in [4.69, 9.17) is 9.47 Å². The van der Waals surface area contributed by atoms with Crippen molar-refractivity contribution in [3.05, 3.63) is 82.2 Å². The van der Waals surface area contributed by atoms with Crippen LogP contribution < -0.4 is 0 Å². The smallest absolute Gasteiger partial charge is 0.341 e. The number of nitrogens with zero attached hydrogens (tertiary/aromatic N) is 3. The van der Waals surface area contributed by atoms with Crippen molar-refractivity contribution in [2.45, 2.75) is 95.4 Å². The van der Waals surface area contributed by atoms with E-state index in [1.54, 1.807) is 50.2 Å². The van der Waals surface area contributed by atoms with Gasteiger partial charge in [0, 0.05) is 16.7 Å². The summed E-state index contributed by atoms with van der Waals surface area (Å²) in [7, 11) is 0. The van der Waals surface area contributed by atoms with E-state index >= 15 is 0 Å². The van der Waals surface area contributed by atoms with Crippen LogP contribution in [-0.2, 0) is 19.1 Å². The zero-order valence-electron chi connectivity index (χ0n) is 29.6. The fourth-order valence-electron chi connectivity index (χ4n) is 11.3. The Bertz CT molecular complexity index is 1680.